The van der Waals surface area contributed by atoms with E-state index >= 15 is 0 Å². The molecule has 5 nitrogen and oxygen atoms in total. The van der Waals surface area contributed by atoms with Gasteiger partial charge in [-0.2, -0.15) is 0 Å². The molecule has 0 aromatic heterocycles. The van der Waals surface area contributed by atoms with Crippen LogP contribution in [0.25, 0.3) is 16.0 Å². The molecule has 0 aliphatic heterocycles. The van der Waals surface area contributed by atoms with Crippen LogP contribution in [0.4, 0.5) is 0 Å². The number of hydrogen-bond donors (Lipinski definition) is 2. The van der Waals surface area contributed by atoms with Crippen molar-refractivity contribution in [3.8, 4) is 0 Å². The zero-order chi connectivity index (χ0) is 6.12. The zero-order valence-corrected chi connectivity index (χ0v) is 4.04. The fraction of sp³-hybridized carbons (Fsp3) is 1.00. The van der Waals surface area contributed by atoms with E-state index in [2.05, 4.69) is 5.73 Å². The van der Waals surface area contributed by atoms with Gasteiger partial charge in [0.15, 0.2) is 0 Å². The maximum absolute atomic E-state index is 6.75. The molecule has 0 aliphatic carbocycles. The smallest absolute Gasteiger partial charge is 0.0864 e. The molecule has 7 heavy (non-hydrogen) atoms. The zero-order valence-electron chi connectivity index (χ0n) is 4.04. The summed E-state index contributed by atoms with van der Waals surface area (Å²) in [7, 11) is 0. The van der Waals surface area contributed by atoms with Crippen molar-refractivity contribution in [2.45, 2.75) is 0 Å². The summed E-state index contributed by atoms with van der Waals surface area (Å²) >= 11 is 0. The molecule has 5 heteroatoms. The summed E-state index contributed by atoms with van der Waals surface area (Å²) in [5.74, 6) is 0. The van der Waals surface area contributed by atoms with Crippen LogP contribution in [0.5, 0.6) is 0 Å². The van der Waals surface area contributed by atoms with Crippen molar-refractivity contribution in [3.05, 3.63) is 16.0 Å². The highest BCUT2D eigenvalue weighted by molar-refractivity contribution is 4.36. The molecule has 0 aromatic carbocycles. The molecule has 42 valence electrons. The monoisotopic (exact) mass is 103 g/mol. The molecular formula is C2H9N5. The van der Waals surface area contributed by atoms with Crippen LogP contribution in [-0.4, -0.2) is 13.1 Å². The summed E-state index contributed by atoms with van der Waals surface area (Å²) < 4.78 is 0. The molecule has 0 fully saturated rings. The molecular weight excluding hydrogens is 94.1 g/mol. The second-order valence-electron chi connectivity index (χ2n) is 0.732. The lowest BCUT2D eigenvalue weighted by Gasteiger charge is -1.68. The van der Waals surface area contributed by atoms with Gasteiger partial charge in [0.05, 0.1) is 6.54 Å². The van der Waals surface area contributed by atoms with Crippen molar-refractivity contribution < 1.29 is 5.73 Å². The second kappa shape index (κ2) is 18.8. The van der Waals surface area contributed by atoms with Crippen LogP contribution in [-0.2, 0) is 0 Å². The van der Waals surface area contributed by atoms with E-state index in [0.717, 1.165) is 6.54 Å². The molecule has 0 bridgehead atoms. The maximum atomic E-state index is 6.75. The Morgan fingerprint density at radius 2 is 1.71 bits per heavy atom. The predicted octanol–water partition coefficient (Wildman–Crippen LogP) is -0.947. The maximum Gasteiger partial charge on any atom is 0.0864 e. The van der Waals surface area contributed by atoms with Gasteiger partial charge in [-0.15, -0.1) is 0 Å². The summed E-state index contributed by atoms with van der Waals surface area (Å²) in [5.41, 5.74) is 21.9. The molecule has 0 saturated heterocycles. The lowest BCUT2D eigenvalue weighted by atomic mass is 10.7. The van der Waals surface area contributed by atoms with Crippen LogP contribution in [0.1, 0.15) is 0 Å². The molecule has 0 unspecified atom stereocenters. The number of nitrogens with two attached hydrogens (primary N) is 1. The Hall–Kier alpha value is -0.770. The van der Waals surface area contributed by atoms with Crippen molar-refractivity contribution in [2.24, 2.45) is 5.73 Å². The Morgan fingerprint density at radius 3 is 1.71 bits per heavy atom. The van der Waals surface area contributed by atoms with Gasteiger partial charge in [-0.1, -0.05) is 0 Å². The van der Waals surface area contributed by atoms with E-state index in [-0.39, 0.29) is 0 Å². The highest BCUT2D eigenvalue weighted by Gasteiger charge is 1.59. The molecule has 0 amide bonds. The van der Waals surface area contributed by atoms with E-state index in [1.807, 2.05) is 0 Å². The predicted molar refractivity (Wildman–Crippen MR) is 26.9 cm³/mol. The minimum atomic E-state index is 0.708. The molecule has 0 atom stereocenters. The first-order chi connectivity index (χ1) is 3.33. The quantitative estimate of drug-likeness (QED) is 0.249. The molecule has 0 heterocycles. The standard InChI is InChI=1S/C2H8N2.N3/c3-1-2-4;1-3-2/h1-4H2;/q;-1/p+1. The SMILES string of the molecule is NCC[NH3+].[N-]=[N+]=[N-]. The summed E-state index contributed by atoms with van der Waals surface area (Å²) in [6.07, 6.45) is 0. The van der Waals surface area contributed by atoms with Gasteiger partial charge in [-0.25, -0.2) is 0 Å². The summed E-state index contributed by atoms with van der Waals surface area (Å²) in [4.78, 5) is 1.50. The van der Waals surface area contributed by atoms with Crippen LogP contribution in [0.2, 0.25) is 0 Å². The number of quaternary nitrogens is 1. The van der Waals surface area contributed by atoms with E-state index in [1.165, 1.54) is 4.91 Å². The summed E-state index contributed by atoms with van der Waals surface area (Å²) in [6.45, 7) is 1.56. The third-order valence-corrected chi connectivity index (χ3v) is 0.204. The van der Waals surface area contributed by atoms with Crippen LogP contribution in [0, 0.1) is 0 Å². The summed E-state index contributed by atoms with van der Waals surface area (Å²) in [5, 5.41) is 0. The molecule has 0 aliphatic rings. The van der Waals surface area contributed by atoms with E-state index in [0.29, 0.717) is 6.54 Å². The van der Waals surface area contributed by atoms with Crippen LogP contribution < -0.4 is 11.5 Å². The topological polar surface area (TPSA) is 112 Å². The minimum absolute atomic E-state index is 0.708. The average Bonchev–Trinajstić information content (AvgIpc) is 1.69. The van der Waals surface area contributed by atoms with Crippen LogP contribution >= 0.6 is 0 Å². The van der Waals surface area contributed by atoms with Crippen LogP contribution in [0.15, 0.2) is 0 Å². The first-order valence-electron chi connectivity index (χ1n) is 1.81. The average molecular weight is 103 g/mol. The van der Waals surface area contributed by atoms with Crippen LogP contribution in [0.3, 0.4) is 0 Å². The second-order valence-corrected chi connectivity index (χ2v) is 0.732. The van der Waals surface area contributed by atoms with Gasteiger partial charge in [0.1, 0.15) is 0 Å². The molecule has 0 spiro atoms. The third-order valence-electron chi connectivity index (χ3n) is 0.204. The van der Waals surface area contributed by atoms with Crippen molar-refractivity contribution in [2.75, 3.05) is 13.1 Å². The largest absolute Gasteiger partial charge is 0.373 e. The Balaban J connectivity index is 0. The highest BCUT2D eigenvalue weighted by Crippen LogP contribution is 1.29. The Labute approximate surface area is 41.7 Å². The molecule has 5 N–H and O–H groups in total. The van der Waals surface area contributed by atoms with Gasteiger partial charge in [-0.3, -0.25) is 4.91 Å². The first-order valence-corrected chi connectivity index (χ1v) is 1.81. The van der Waals surface area contributed by atoms with Crippen molar-refractivity contribution in [1.82, 2.24) is 0 Å². The van der Waals surface area contributed by atoms with Crippen molar-refractivity contribution in [1.29, 1.82) is 0 Å². The Morgan fingerprint density at radius 1 is 1.57 bits per heavy atom. The fourth-order valence-electron chi connectivity index (χ4n) is 0. The number of rotatable bonds is 1. The fourth-order valence-corrected chi connectivity index (χ4v) is 0. The summed E-state index contributed by atoms with van der Waals surface area (Å²) in [6, 6.07) is 0. The molecule has 0 rings (SSSR count). The van der Waals surface area contributed by atoms with Gasteiger partial charge in [-0.05, 0) is 0 Å². The lowest BCUT2D eigenvalue weighted by molar-refractivity contribution is -0.363. The normalized spacial score (nSPS) is 5.43. The van der Waals surface area contributed by atoms with Gasteiger partial charge >= 0.3 is 0 Å². The highest BCUT2D eigenvalue weighted by atomic mass is 15.0. The van der Waals surface area contributed by atoms with Gasteiger partial charge in [0.2, 0.25) is 0 Å². The van der Waals surface area contributed by atoms with Gasteiger partial charge in [0, 0.05) is 6.54 Å². The van der Waals surface area contributed by atoms with Gasteiger partial charge < -0.3 is 22.5 Å². The number of nitrogens with zero attached hydrogens (tertiary/aromatic N) is 3. The molecule has 0 saturated carbocycles. The third kappa shape index (κ3) is 1030. The molecule has 0 aromatic rings. The number of hydrogen-bond acceptors (Lipinski definition) is 1. The minimum Gasteiger partial charge on any atom is -0.373 e. The van der Waals surface area contributed by atoms with Crippen molar-refractivity contribution >= 4 is 0 Å². The molecule has 0 radical (unpaired) electrons. The lowest BCUT2D eigenvalue weighted by Crippen LogP contribution is -2.53. The first kappa shape index (κ1) is 9.52. The van der Waals surface area contributed by atoms with E-state index in [1.54, 1.807) is 0 Å². The van der Waals surface area contributed by atoms with Crippen molar-refractivity contribution in [3.63, 3.8) is 0 Å². The van der Waals surface area contributed by atoms with E-state index < -0.39 is 0 Å². The van der Waals surface area contributed by atoms with E-state index in [9.17, 15) is 0 Å². The van der Waals surface area contributed by atoms with Gasteiger partial charge in [0.25, 0.3) is 0 Å². The van der Waals surface area contributed by atoms with E-state index in [4.69, 9.17) is 16.8 Å². The Bertz CT molecular complexity index is 42.0. The Kier molecular flexibility index (Phi) is 25.6.